The molecule has 2 rings (SSSR count). The highest BCUT2D eigenvalue weighted by molar-refractivity contribution is 5.08. The first-order chi connectivity index (χ1) is 9.15. The molecule has 1 aliphatic rings. The molecule has 106 valence electrons. The van der Waals surface area contributed by atoms with Crippen molar-refractivity contribution in [2.75, 3.05) is 6.54 Å². The lowest BCUT2D eigenvalue weighted by molar-refractivity contribution is 0.265. The van der Waals surface area contributed by atoms with E-state index >= 15 is 0 Å². The van der Waals surface area contributed by atoms with Crippen LogP contribution in [0.15, 0.2) is 18.3 Å². The highest BCUT2D eigenvalue weighted by atomic mass is 19.1. The first-order valence-corrected chi connectivity index (χ1v) is 7.50. The van der Waals surface area contributed by atoms with E-state index in [0.717, 1.165) is 24.1 Å². The van der Waals surface area contributed by atoms with Gasteiger partial charge in [0, 0.05) is 6.04 Å². The Balaban J connectivity index is 1.71. The average Bonchev–Trinajstić information content (AvgIpc) is 2.39. The fraction of sp³-hybridized carbons (Fsp3) is 0.688. The number of hydrogen-bond donors (Lipinski definition) is 1. The standard InChI is InChI=1S/C16H25FN2/c1-12-4-3-5-14(10-12)8-9-18-13(2)16-7-6-15(17)11-19-16/h6-7,11-14,18H,3-5,8-10H2,1-2H3. The highest BCUT2D eigenvalue weighted by Crippen LogP contribution is 2.30. The monoisotopic (exact) mass is 264 g/mol. The lowest BCUT2D eigenvalue weighted by Crippen LogP contribution is -2.24. The fourth-order valence-electron chi connectivity index (χ4n) is 3.07. The summed E-state index contributed by atoms with van der Waals surface area (Å²) in [5, 5.41) is 3.50. The third kappa shape index (κ3) is 4.57. The lowest BCUT2D eigenvalue weighted by atomic mass is 9.81. The molecule has 1 saturated carbocycles. The third-order valence-corrected chi connectivity index (χ3v) is 4.24. The number of rotatable bonds is 5. The molecule has 0 bridgehead atoms. The molecule has 3 unspecified atom stereocenters. The molecule has 1 aromatic rings. The van der Waals surface area contributed by atoms with Gasteiger partial charge in [-0.15, -0.1) is 0 Å². The Morgan fingerprint density at radius 1 is 1.42 bits per heavy atom. The molecule has 2 nitrogen and oxygen atoms in total. The summed E-state index contributed by atoms with van der Waals surface area (Å²) in [6.07, 6.45) is 8.09. The molecular weight excluding hydrogens is 239 g/mol. The van der Waals surface area contributed by atoms with Crippen LogP contribution in [0.3, 0.4) is 0 Å². The Kier molecular flexibility index (Phi) is 5.32. The number of pyridine rings is 1. The minimum atomic E-state index is -0.271. The van der Waals surface area contributed by atoms with Crippen molar-refractivity contribution < 1.29 is 4.39 Å². The van der Waals surface area contributed by atoms with Crippen molar-refractivity contribution in [2.24, 2.45) is 11.8 Å². The molecule has 19 heavy (non-hydrogen) atoms. The predicted molar refractivity (Wildman–Crippen MR) is 76.4 cm³/mol. The van der Waals surface area contributed by atoms with E-state index in [1.54, 1.807) is 6.07 Å². The van der Waals surface area contributed by atoms with Crippen LogP contribution in [0.25, 0.3) is 0 Å². The van der Waals surface area contributed by atoms with Crippen molar-refractivity contribution in [1.29, 1.82) is 0 Å². The number of nitrogens with zero attached hydrogens (tertiary/aromatic N) is 1. The molecule has 0 saturated heterocycles. The van der Waals surface area contributed by atoms with Crippen molar-refractivity contribution in [3.05, 3.63) is 29.8 Å². The minimum Gasteiger partial charge on any atom is -0.309 e. The van der Waals surface area contributed by atoms with Gasteiger partial charge in [-0.1, -0.05) is 26.2 Å². The van der Waals surface area contributed by atoms with Gasteiger partial charge in [-0.2, -0.15) is 0 Å². The second kappa shape index (κ2) is 6.99. The molecular formula is C16H25FN2. The van der Waals surface area contributed by atoms with Gasteiger partial charge in [0.15, 0.2) is 0 Å². The Hall–Kier alpha value is -0.960. The number of aromatic nitrogens is 1. The summed E-state index contributed by atoms with van der Waals surface area (Å²) in [4.78, 5) is 4.12. The van der Waals surface area contributed by atoms with Crippen LogP contribution in [0, 0.1) is 17.7 Å². The molecule has 0 amide bonds. The normalized spacial score (nSPS) is 25.2. The predicted octanol–water partition coefficient (Wildman–Crippen LogP) is 4.09. The summed E-state index contributed by atoms with van der Waals surface area (Å²) in [7, 11) is 0. The van der Waals surface area contributed by atoms with Gasteiger partial charge in [0.1, 0.15) is 5.82 Å². The van der Waals surface area contributed by atoms with Crippen LogP contribution in [-0.4, -0.2) is 11.5 Å². The molecule has 0 spiro atoms. The average molecular weight is 264 g/mol. The van der Waals surface area contributed by atoms with E-state index in [1.807, 2.05) is 0 Å². The van der Waals surface area contributed by atoms with Crippen LogP contribution in [0.1, 0.15) is 57.7 Å². The summed E-state index contributed by atoms with van der Waals surface area (Å²) in [6, 6.07) is 3.43. The van der Waals surface area contributed by atoms with E-state index in [2.05, 4.69) is 24.1 Å². The first kappa shape index (κ1) is 14.4. The summed E-state index contributed by atoms with van der Waals surface area (Å²) in [5.74, 6) is 1.51. The maximum absolute atomic E-state index is 12.8. The van der Waals surface area contributed by atoms with Crippen LogP contribution in [0.4, 0.5) is 4.39 Å². The van der Waals surface area contributed by atoms with Gasteiger partial charge in [-0.25, -0.2) is 4.39 Å². The molecule has 0 aromatic carbocycles. The number of nitrogens with one attached hydrogen (secondary N) is 1. The highest BCUT2D eigenvalue weighted by Gasteiger charge is 2.18. The Bertz CT molecular complexity index is 377. The molecule has 1 heterocycles. The Labute approximate surface area is 115 Å². The van der Waals surface area contributed by atoms with Gasteiger partial charge < -0.3 is 5.32 Å². The minimum absolute atomic E-state index is 0.196. The smallest absolute Gasteiger partial charge is 0.141 e. The Morgan fingerprint density at radius 3 is 2.95 bits per heavy atom. The first-order valence-electron chi connectivity index (χ1n) is 7.50. The zero-order valence-corrected chi connectivity index (χ0v) is 12.0. The zero-order chi connectivity index (χ0) is 13.7. The number of halogens is 1. The van der Waals surface area contributed by atoms with Gasteiger partial charge in [0.2, 0.25) is 0 Å². The van der Waals surface area contributed by atoms with Crippen molar-refractivity contribution in [1.82, 2.24) is 10.3 Å². The van der Waals surface area contributed by atoms with E-state index in [0.29, 0.717) is 0 Å². The lowest BCUT2D eigenvalue weighted by Gasteiger charge is -2.27. The van der Waals surface area contributed by atoms with E-state index in [-0.39, 0.29) is 11.9 Å². The van der Waals surface area contributed by atoms with Crippen molar-refractivity contribution >= 4 is 0 Å². The fourth-order valence-corrected chi connectivity index (χ4v) is 3.07. The van der Waals surface area contributed by atoms with Crippen LogP contribution < -0.4 is 5.32 Å². The summed E-state index contributed by atoms with van der Waals surface area (Å²) in [5.41, 5.74) is 0.915. The molecule has 1 aromatic heterocycles. The maximum atomic E-state index is 12.8. The van der Waals surface area contributed by atoms with Gasteiger partial charge >= 0.3 is 0 Å². The second-order valence-electron chi connectivity index (χ2n) is 6.00. The topological polar surface area (TPSA) is 24.9 Å². The molecule has 1 aliphatic carbocycles. The third-order valence-electron chi connectivity index (χ3n) is 4.24. The van der Waals surface area contributed by atoms with E-state index in [1.165, 1.54) is 44.4 Å². The molecule has 3 heteroatoms. The molecule has 0 aliphatic heterocycles. The van der Waals surface area contributed by atoms with E-state index in [9.17, 15) is 4.39 Å². The van der Waals surface area contributed by atoms with Crippen molar-refractivity contribution in [3.63, 3.8) is 0 Å². The van der Waals surface area contributed by atoms with Gasteiger partial charge in [-0.05, 0) is 50.3 Å². The van der Waals surface area contributed by atoms with Gasteiger partial charge in [-0.3, -0.25) is 4.98 Å². The zero-order valence-electron chi connectivity index (χ0n) is 12.0. The van der Waals surface area contributed by atoms with E-state index in [4.69, 9.17) is 0 Å². The Morgan fingerprint density at radius 2 is 2.26 bits per heavy atom. The second-order valence-corrected chi connectivity index (χ2v) is 6.00. The van der Waals surface area contributed by atoms with E-state index < -0.39 is 0 Å². The van der Waals surface area contributed by atoms with Crippen molar-refractivity contribution in [3.8, 4) is 0 Å². The van der Waals surface area contributed by atoms with Crippen LogP contribution in [0.2, 0.25) is 0 Å². The molecule has 1 fully saturated rings. The molecule has 3 atom stereocenters. The number of hydrogen-bond acceptors (Lipinski definition) is 2. The molecule has 0 radical (unpaired) electrons. The van der Waals surface area contributed by atoms with Gasteiger partial charge in [0.25, 0.3) is 0 Å². The van der Waals surface area contributed by atoms with Crippen LogP contribution in [0.5, 0.6) is 0 Å². The molecule has 1 N–H and O–H groups in total. The quantitative estimate of drug-likeness (QED) is 0.866. The van der Waals surface area contributed by atoms with Crippen LogP contribution in [-0.2, 0) is 0 Å². The SMILES string of the molecule is CC1CCCC(CCNC(C)c2ccc(F)cn2)C1. The summed E-state index contributed by atoms with van der Waals surface area (Å²) < 4.78 is 12.8. The summed E-state index contributed by atoms with van der Waals surface area (Å²) in [6.45, 7) is 5.48. The van der Waals surface area contributed by atoms with Crippen molar-refractivity contribution in [2.45, 2.75) is 52.0 Å². The summed E-state index contributed by atoms with van der Waals surface area (Å²) >= 11 is 0. The van der Waals surface area contributed by atoms with Crippen LogP contribution >= 0.6 is 0 Å². The maximum Gasteiger partial charge on any atom is 0.141 e. The van der Waals surface area contributed by atoms with Gasteiger partial charge in [0.05, 0.1) is 11.9 Å². The largest absolute Gasteiger partial charge is 0.309 e.